The lowest BCUT2D eigenvalue weighted by molar-refractivity contribution is 0.292. The third-order valence-electron chi connectivity index (χ3n) is 2.37. The lowest BCUT2D eigenvalue weighted by Gasteiger charge is -2.17. The maximum atomic E-state index is 4.36. The van der Waals surface area contributed by atoms with E-state index in [1.54, 1.807) is 0 Å². The monoisotopic (exact) mass is 285 g/mol. The Balaban J connectivity index is 2.28. The standard InChI is InChI=1S/C12H20BrN3/c1-15(2)7-4-8-16(3)10-12-6-5-11(13)9-14-12/h5-6,9H,4,7-8,10H2,1-3H3. The summed E-state index contributed by atoms with van der Waals surface area (Å²) in [4.78, 5) is 8.88. The van der Waals surface area contributed by atoms with Gasteiger partial charge in [0.25, 0.3) is 0 Å². The summed E-state index contributed by atoms with van der Waals surface area (Å²) < 4.78 is 1.03. The van der Waals surface area contributed by atoms with Crippen molar-refractivity contribution in [1.82, 2.24) is 14.8 Å². The molecule has 3 nitrogen and oxygen atoms in total. The number of pyridine rings is 1. The van der Waals surface area contributed by atoms with Crippen LogP contribution in [0.4, 0.5) is 0 Å². The van der Waals surface area contributed by atoms with Crippen LogP contribution in [0.3, 0.4) is 0 Å². The SMILES string of the molecule is CN(C)CCCN(C)Cc1ccc(Br)cn1. The van der Waals surface area contributed by atoms with E-state index in [2.05, 4.69) is 57.9 Å². The van der Waals surface area contributed by atoms with E-state index in [0.29, 0.717) is 0 Å². The van der Waals surface area contributed by atoms with Gasteiger partial charge in [-0.3, -0.25) is 4.98 Å². The molecular weight excluding hydrogens is 266 g/mol. The van der Waals surface area contributed by atoms with Crippen LogP contribution >= 0.6 is 15.9 Å². The lowest BCUT2D eigenvalue weighted by Crippen LogP contribution is -2.23. The molecule has 0 aromatic carbocycles. The molecule has 0 unspecified atom stereocenters. The van der Waals surface area contributed by atoms with Gasteiger partial charge in [-0.1, -0.05) is 0 Å². The maximum absolute atomic E-state index is 4.36. The van der Waals surface area contributed by atoms with Crippen molar-refractivity contribution in [3.8, 4) is 0 Å². The molecule has 1 aromatic heterocycles. The van der Waals surface area contributed by atoms with Crippen molar-refractivity contribution in [2.75, 3.05) is 34.2 Å². The summed E-state index contributed by atoms with van der Waals surface area (Å²) in [6.07, 6.45) is 3.04. The molecule has 90 valence electrons. The van der Waals surface area contributed by atoms with E-state index in [1.807, 2.05) is 12.3 Å². The normalized spacial score (nSPS) is 11.4. The van der Waals surface area contributed by atoms with Crippen LogP contribution in [0.15, 0.2) is 22.8 Å². The average Bonchev–Trinajstić information content (AvgIpc) is 2.21. The van der Waals surface area contributed by atoms with Gasteiger partial charge in [-0.15, -0.1) is 0 Å². The van der Waals surface area contributed by atoms with E-state index in [9.17, 15) is 0 Å². The van der Waals surface area contributed by atoms with Gasteiger partial charge in [-0.2, -0.15) is 0 Å². The molecule has 0 aliphatic rings. The predicted octanol–water partition coefficient (Wildman–Crippen LogP) is 2.23. The fraction of sp³-hybridized carbons (Fsp3) is 0.583. The topological polar surface area (TPSA) is 19.4 Å². The first-order chi connectivity index (χ1) is 7.58. The molecule has 0 bridgehead atoms. The molecule has 0 atom stereocenters. The summed E-state index contributed by atoms with van der Waals surface area (Å²) in [6, 6.07) is 4.10. The van der Waals surface area contributed by atoms with Crippen LogP contribution < -0.4 is 0 Å². The van der Waals surface area contributed by atoms with Crippen molar-refractivity contribution in [2.45, 2.75) is 13.0 Å². The van der Waals surface area contributed by atoms with Crippen LogP contribution in [-0.4, -0.2) is 49.0 Å². The first-order valence-corrected chi connectivity index (χ1v) is 6.31. The fourth-order valence-electron chi connectivity index (χ4n) is 1.51. The number of halogens is 1. The van der Waals surface area contributed by atoms with Gasteiger partial charge in [0.15, 0.2) is 0 Å². The van der Waals surface area contributed by atoms with E-state index >= 15 is 0 Å². The number of hydrogen-bond donors (Lipinski definition) is 0. The van der Waals surface area contributed by atoms with Gasteiger partial charge < -0.3 is 9.80 Å². The zero-order chi connectivity index (χ0) is 12.0. The van der Waals surface area contributed by atoms with E-state index < -0.39 is 0 Å². The van der Waals surface area contributed by atoms with E-state index in [1.165, 1.54) is 6.42 Å². The third kappa shape index (κ3) is 5.58. The van der Waals surface area contributed by atoms with Gasteiger partial charge in [0.2, 0.25) is 0 Å². The number of aromatic nitrogens is 1. The Labute approximate surface area is 107 Å². The smallest absolute Gasteiger partial charge is 0.0544 e. The molecule has 0 aliphatic carbocycles. The molecule has 16 heavy (non-hydrogen) atoms. The fourth-order valence-corrected chi connectivity index (χ4v) is 1.75. The molecule has 0 amide bonds. The van der Waals surface area contributed by atoms with Gasteiger partial charge in [0.1, 0.15) is 0 Å². The molecule has 1 heterocycles. The highest BCUT2D eigenvalue weighted by atomic mass is 79.9. The Kier molecular flexibility index (Phi) is 5.95. The Bertz CT molecular complexity index is 298. The predicted molar refractivity (Wildman–Crippen MR) is 71.4 cm³/mol. The lowest BCUT2D eigenvalue weighted by atomic mass is 10.3. The minimum absolute atomic E-state index is 0.917. The number of nitrogens with zero attached hydrogens (tertiary/aromatic N) is 3. The average molecular weight is 286 g/mol. The minimum atomic E-state index is 0.917. The van der Waals surface area contributed by atoms with E-state index in [4.69, 9.17) is 0 Å². The molecule has 1 aromatic rings. The first kappa shape index (κ1) is 13.6. The Morgan fingerprint density at radius 3 is 2.50 bits per heavy atom. The molecule has 0 fully saturated rings. The summed E-state index contributed by atoms with van der Waals surface area (Å²) in [7, 11) is 6.35. The molecule has 0 radical (unpaired) electrons. The van der Waals surface area contributed by atoms with Crippen molar-refractivity contribution in [2.24, 2.45) is 0 Å². The maximum Gasteiger partial charge on any atom is 0.0544 e. The van der Waals surface area contributed by atoms with E-state index in [0.717, 1.165) is 29.8 Å². The van der Waals surface area contributed by atoms with Crippen molar-refractivity contribution in [3.05, 3.63) is 28.5 Å². The van der Waals surface area contributed by atoms with Gasteiger partial charge in [-0.25, -0.2) is 0 Å². The molecule has 0 N–H and O–H groups in total. The second-order valence-electron chi connectivity index (χ2n) is 4.36. The molecule has 4 heteroatoms. The van der Waals surface area contributed by atoms with Crippen LogP contribution in [0.25, 0.3) is 0 Å². The largest absolute Gasteiger partial charge is 0.309 e. The summed E-state index contributed by atoms with van der Waals surface area (Å²) in [6.45, 7) is 3.16. The highest BCUT2D eigenvalue weighted by Gasteiger charge is 2.01. The van der Waals surface area contributed by atoms with Crippen molar-refractivity contribution < 1.29 is 0 Å². The van der Waals surface area contributed by atoms with Crippen LogP contribution in [0.1, 0.15) is 12.1 Å². The van der Waals surface area contributed by atoms with Gasteiger partial charge in [-0.05, 0) is 68.7 Å². The highest BCUT2D eigenvalue weighted by molar-refractivity contribution is 9.10. The molecule has 0 saturated carbocycles. The summed E-state index contributed by atoms with van der Waals surface area (Å²) in [5.41, 5.74) is 1.12. The number of hydrogen-bond acceptors (Lipinski definition) is 3. The number of rotatable bonds is 6. The van der Waals surface area contributed by atoms with Crippen LogP contribution in [0.2, 0.25) is 0 Å². The molecule has 0 aliphatic heterocycles. The zero-order valence-corrected chi connectivity index (χ0v) is 11.9. The Morgan fingerprint density at radius 2 is 1.94 bits per heavy atom. The van der Waals surface area contributed by atoms with Crippen LogP contribution in [0, 0.1) is 0 Å². The van der Waals surface area contributed by atoms with Crippen molar-refractivity contribution in [1.29, 1.82) is 0 Å². The summed E-state index contributed by atoms with van der Waals surface area (Å²) >= 11 is 3.39. The Morgan fingerprint density at radius 1 is 1.19 bits per heavy atom. The van der Waals surface area contributed by atoms with Crippen molar-refractivity contribution >= 4 is 15.9 Å². The van der Waals surface area contributed by atoms with Crippen LogP contribution in [-0.2, 0) is 6.54 Å². The summed E-state index contributed by atoms with van der Waals surface area (Å²) in [5.74, 6) is 0. The quantitative estimate of drug-likeness (QED) is 0.799. The molecular formula is C12H20BrN3. The first-order valence-electron chi connectivity index (χ1n) is 5.51. The minimum Gasteiger partial charge on any atom is -0.309 e. The molecule has 0 saturated heterocycles. The Hall–Kier alpha value is -0.450. The second kappa shape index (κ2) is 6.99. The third-order valence-corrected chi connectivity index (χ3v) is 2.83. The van der Waals surface area contributed by atoms with Gasteiger partial charge in [0.05, 0.1) is 5.69 Å². The summed E-state index contributed by atoms with van der Waals surface area (Å²) in [5, 5.41) is 0. The van der Waals surface area contributed by atoms with Gasteiger partial charge >= 0.3 is 0 Å². The van der Waals surface area contributed by atoms with Crippen molar-refractivity contribution in [3.63, 3.8) is 0 Å². The second-order valence-corrected chi connectivity index (χ2v) is 5.28. The van der Waals surface area contributed by atoms with E-state index in [-0.39, 0.29) is 0 Å². The molecule has 0 spiro atoms. The molecule has 1 rings (SSSR count). The zero-order valence-electron chi connectivity index (χ0n) is 10.3. The highest BCUT2D eigenvalue weighted by Crippen LogP contribution is 2.08. The van der Waals surface area contributed by atoms with Gasteiger partial charge in [0, 0.05) is 17.2 Å². The van der Waals surface area contributed by atoms with Crippen LogP contribution in [0.5, 0.6) is 0 Å².